The molecule has 0 fully saturated rings. The molecule has 0 heterocycles. The van der Waals surface area contributed by atoms with Crippen LogP contribution in [0.1, 0.15) is 18.9 Å². The third-order valence-electron chi connectivity index (χ3n) is 2.62. The maximum absolute atomic E-state index is 13.7. The van der Waals surface area contributed by atoms with Gasteiger partial charge in [0.05, 0.1) is 6.61 Å². The zero-order valence-corrected chi connectivity index (χ0v) is 11.2. The Balaban J connectivity index is 2.09. The average Bonchev–Trinajstić information content (AvgIpc) is 2.41. The van der Waals surface area contributed by atoms with Gasteiger partial charge in [0.25, 0.3) is 0 Å². The van der Waals surface area contributed by atoms with Crippen molar-refractivity contribution in [3.8, 4) is 17.2 Å². The summed E-state index contributed by atoms with van der Waals surface area (Å²) in [5.41, 5.74) is 1.15. The second-order valence-corrected chi connectivity index (χ2v) is 4.36. The molecule has 2 nitrogen and oxygen atoms in total. The smallest absolute Gasteiger partial charge is 0.168 e. The summed E-state index contributed by atoms with van der Waals surface area (Å²) >= 11 is 0. The summed E-state index contributed by atoms with van der Waals surface area (Å²) in [6, 6.07) is 12.2. The molecule has 2 rings (SSSR count). The van der Waals surface area contributed by atoms with E-state index in [2.05, 4.69) is 0 Å². The van der Waals surface area contributed by atoms with Gasteiger partial charge in [0.2, 0.25) is 0 Å². The van der Waals surface area contributed by atoms with Gasteiger partial charge in [-0.3, -0.25) is 0 Å². The van der Waals surface area contributed by atoms with Crippen molar-refractivity contribution in [1.29, 1.82) is 0 Å². The van der Waals surface area contributed by atoms with Gasteiger partial charge in [0, 0.05) is 6.07 Å². The highest BCUT2D eigenvalue weighted by Crippen LogP contribution is 2.27. The van der Waals surface area contributed by atoms with Crippen LogP contribution in [0.4, 0.5) is 4.39 Å². The quantitative estimate of drug-likeness (QED) is 0.774. The molecule has 0 atom stereocenters. The predicted molar refractivity (Wildman–Crippen MR) is 73.4 cm³/mol. The Labute approximate surface area is 112 Å². The number of halogens is 1. The fraction of sp³-hybridized carbons (Fsp3) is 0.250. The van der Waals surface area contributed by atoms with E-state index in [1.54, 1.807) is 12.1 Å². The molecule has 0 aliphatic rings. The number of ether oxygens (including phenoxy) is 2. The summed E-state index contributed by atoms with van der Waals surface area (Å²) < 4.78 is 24.6. The summed E-state index contributed by atoms with van der Waals surface area (Å²) in [6.45, 7) is 4.49. The maximum atomic E-state index is 13.7. The van der Waals surface area contributed by atoms with E-state index in [4.69, 9.17) is 9.47 Å². The number of hydrogen-bond acceptors (Lipinski definition) is 2. The number of rotatable bonds is 5. The maximum Gasteiger partial charge on any atom is 0.168 e. The fourth-order valence-corrected chi connectivity index (χ4v) is 1.62. The van der Waals surface area contributed by atoms with E-state index in [0.29, 0.717) is 18.1 Å². The van der Waals surface area contributed by atoms with E-state index in [1.807, 2.05) is 38.1 Å². The summed E-state index contributed by atoms with van der Waals surface area (Å²) in [7, 11) is 0. The van der Waals surface area contributed by atoms with Crippen LogP contribution < -0.4 is 9.47 Å². The minimum absolute atomic E-state index is 0.262. The highest BCUT2D eigenvalue weighted by molar-refractivity contribution is 5.37. The van der Waals surface area contributed by atoms with Crippen LogP contribution in [0.25, 0.3) is 0 Å². The molecule has 0 spiro atoms. The third kappa shape index (κ3) is 3.71. The van der Waals surface area contributed by atoms with Gasteiger partial charge in [0.1, 0.15) is 11.5 Å². The Morgan fingerprint density at radius 2 is 1.68 bits per heavy atom. The van der Waals surface area contributed by atoms with E-state index in [-0.39, 0.29) is 5.75 Å². The van der Waals surface area contributed by atoms with Gasteiger partial charge in [0.15, 0.2) is 11.6 Å². The number of aryl methyl sites for hydroxylation is 1. The lowest BCUT2D eigenvalue weighted by Gasteiger charge is -2.09. The Hall–Kier alpha value is -2.03. The molecule has 3 heteroatoms. The predicted octanol–water partition coefficient (Wildman–Crippen LogP) is 4.72. The summed E-state index contributed by atoms with van der Waals surface area (Å²) in [4.78, 5) is 0. The van der Waals surface area contributed by atoms with Gasteiger partial charge in [-0.15, -0.1) is 0 Å². The molecule has 0 aromatic heterocycles. The molecule has 0 N–H and O–H groups in total. The van der Waals surface area contributed by atoms with E-state index in [9.17, 15) is 4.39 Å². The topological polar surface area (TPSA) is 18.5 Å². The van der Waals surface area contributed by atoms with E-state index < -0.39 is 5.82 Å². The molecule has 19 heavy (non-hydrogen) atoms. The highest BCUT2D eigenvalue weighted by atomic mass is 19.1. The van der Waals surface area contributed by atoms with Crippen molar-refractivity contribution in [1.82, 2.24) is 0 Å². The van der Waals surface area contributed by atoms with Crippen molar-refractivity contribution >= 4 is 0 Å². The van der Waals surface area contributed by atoms with Crippen LogP contribution in [-0.2, 0) is 0 Å². The van der Waals surface area contributed by atoms with Gasteiger partial charge in [-0.25, -0.2) is 4.39 Å². The second-order valence-electron chi connectivity index (χ2n) is 4.36. The van der Waals surface area contributed by atoms with Crippen LogP contribution in [0.5, 0.6) is 17.2 Å². The summed E-state index contributed by atoms with van der Waals surface area (Å²) in [6.07, 6.45) is 0.848. The van der Waals surface area contributed by atoms with Crippen molar-refractivity contribution < 1.29 is 13.9 Å². The van der Waals surface area contributed by atoms with Crippen LogP contribution in [0, 0.1) is 12.7 Å². The van der Waals surface area contributed by atoms with Gasteiger partial charge < -0.3 is 9.47 Å². The molecule has 0 radical (unpaired) electrons. The second kappa shape index (κ2) is 6.23. The first kappa shape index (κ1) is 13.4. The normalized spacial score (nSPS) is 10.3. The standard InChI is InChI=1S/C16H17FO2/c1-3-10-18-16-9-8-14(11-15(16)17)19-13-6-4-12(2)5-7-13/h4-9,11H,3,10H2,1-2H3. The Kier molecular flexibility index (Phi) is 4.39. The molecule has 100 valence electrons. The number of benzene rings is 2. The molecular formula is C16H17FO2. The minimum atomic E-state index is -0.405. The van der Waals surface area contributed by atoms with Gasteiger partial charge in [-0.2, -0.15) is 0 Å². The Morgan fingerprint density at radius 1 is 1.00 bits per heavy atom. The molecule has 0 unspecified atom stereocenters. The Bertz CT molecular complexity index is 535. The monoisotopic (exact) mass is 260 g/mol. The zero-order valence-electron chi connectivity index (χ0n) is 11.2. The summed E-state index contributed by atoms with van der Waals surface area (Å²) in [5.74, 6) is 1.01. The van der Waals surface area contributed by atoms with Crippen molar-refractivity contribution in [2.24, 2.45) is 0 Å². The molecule has 0 aliphatic carbocycles. The molecule has 0 bridgehead atoms. The molecule has 2 aromatic carbocycles. The van der Waals surface area contributed by atoms with Gasteiger partial charge in [-0.05, 0) is 37.6 Å². The third-order valence-corrected chi connectivity index (χ3v) is 2.62. The lowest BCUT2D eigenvalue weighted by Crippen LogP contribution is -1.97. The first-order chi connectivity index (χ1) is 9.19. The van der Waals surface area contributed by atoms with Gasteiger partial charge >= 0.3 is 0 Å². The van der Waals surface area contributed by atoms with Gasteiger partial charge in [-0.1, -0.05) is 24.6 Å². The fourth-order valence-electron chi connectivity index (χ4n) is 1.62. The van der Waals surface area contributed by atoms with E-state index >= 15 is 0 Å². The van der Waals surface area contributed by atoms with Crippen LogP contribution >= 0.6 is 0 Å². The largest absolute Gasteiger partial charge is 0.491 e. The molecule has 0 aliphatic heterocycles. The minimum Gasteiger partial charge on any atom is -0.491 e. The lowest BCUT2D eigenvalue weighted by molar-refractivity contribution is 0.300. The SMILES string of the molecule is CCCOc1ccc(Oc2ccc(C)cc2)cc1F. The Morgan fingerprint density at radius 3 is 2.32 bits per heavy atom. The van der Waals surface area contributed by atoms with Crippen molar-refractivity contribution in [2.45, 2.75) is 20.3 Å². The molecule has 0 saturated heterocycles. The van der Waals surface area contributed by atoms with Crippen LogP contribution in [0.15, 0.2) is 42.5 Å². The molecular weight excluding hydrogens is 243 g/mol. The first-order valence-corrected chi connectivity index (χ1v) is 6.36. The van der Waals surface area contributed by atoms with Crippen molar-refractivity contribution in [3.05, 3.63) is 53.8 Å². The van der Waals surface area contributed by atoms with Crippen LogP contribution in [0.3, 0.4) is 0 Å². The average molecular weight is 260 g/mol. The zero-order chi connectivity index (χ0) is 13.7. The van der Waals surface area contributed by atoms with E-state index in [1.165, 1.54) is 6.07 Å². The van der Waals surface area contributed by atoms with E-state index in [0.717, 1.165) is 12.0 Å². The molecule has 0 saturated carbocycles. The highest BCUT2D eigenvalue weighted by Gasteiger charge is 2.06. The summed E-state index contributed by atoms with van der Waals surface area (Å²) in [5, 5.41) is 0. The first-order valence-electron chi connectivity index (χ1n) is 6.36. The molecule has 0 amide bonds. The van der Waals surface area contributed by atoms with Crippen LogP contribution in [0.2, 0.25) is 0 Å². The molecule has 2 aromatic rings. The lowest BCUT2D eigenvalue weighted by atomic mass is 10.2. The van der Waals surface area contributed by atoms with Crippen molar-refractivity contribution in [3.63, 3.8) is 0 Å². The number of hydrogen-bond donors (Lipinski definition) is 0. The van der Waals surface area contributed by atoms with Crippen molar-refractivity contribution in [2.75, 3.05) is 6.61 Å². The van der Waals surface area contributed by atoms with Crippen LogP contribution in [-0.4, -0.2) is 6.61 Å².